The maximum absolute atomic E-state index is 5.26. The molecule has 2 heteroatoms. The van der Waals surface area contributed by atoms with E-state index < -0.39 is 0 Å². The molecule has 0 rings (SSSR count). The van der Waals surface area contributed by atoms with E-state index >= 15 is 0 Å². The highest BCUT2D eigenvalue weighted by molar-refractivity contribution is 7.17. The molecule has 0 aliphatic rings. The molecule has 0 N–H and O–H groups in total. The zero-order chi connectivity index (χ0) is 4.99. The van der Waals surface area contributed by atoms with Crippen LogP contribution in [-0.2, 0) is 0 Å². The molecule has 0 nitrogen and oxygen atoms in total. The fourth-order valence-corrected chi connectivity index (χ4v) is 0.167. The molecule has 0 aliphatic carbocycles. The molecule has 0 aromatic heterocycles. The number of rotatable bonds is 2. The maximum atomic E-state index is 5.26. The number of hydrogen-bond acceptors (Lipinski definition) is 0. The molecule has 0 bridgehead atoms. The van der Waals surface area contributed by atoms with Gasteiger partial charge in [-0.3, -0.25) is 0 Å². The van der Waals surface area contributed by atoms with E-state index in [-0.39, 0.29) is 0 Å². The lowest BCUT2D eigenvalue weighted by atomic mass is 10.0. The van der Waals surface area contributed by atoms with Crippen LogP contribution < -0.4 is 0 Å². The summed E-state index contributed by atoms with van der Waals surface area (Å²) >= 11 is 0. The van der Waals surface area contributed by atoms with Crippen molar-refractivity contribution in [1.82, 2.24) is 0 Å². The van der Waals surface area contributed by atoms with Crippen molar-refractivity contribution in [2.45, 2.75) is 25.3 Å². The van der Waals surface area contributed by atoms with Crippen LogP contribution in [0.15, 0.2) is 0 Å². The van der Waals surface area contributed by atoms with Crippen LogP contribution in [0.4, 0.5) is 0 Å². The van der Waals surface area contributed by atoms with E-state index in [1.807, 2.05) is 0 Å². The molecule has 0 aliphatic heterocycles. The van der Waals surface area contributed by atoms with Gasteiger partial charge in [-0.05, 0) is 5.66 Å². The van der Waals surface area contributed by atoms with E-state index in [1.54, 1.807) is 0 Å². The van der Waals surface area contributed by atoms with E-state index in [9.17, 15) is 0 Å². The lowest BCUT2D eigenvalue weighted by Crippen LogP contribution is -1.90. The summed E-state index contributed by atoms with van der Waals surface area (Å²) < 4.78 is 0. The lowest BCUT2D eigenvalue weighted by molar-refractivity contribution is 0.905. The summed E-state index contributed by atoms with van der Waals surface area (Å²) in [5.74, 6) is 0. The number of hydrogen-bond donors (Lipinski definition) is 0. The van der Waals surface area contributed by atoms with E-state index in [0.29, 0.717) is 5.66 Å². The van der Waals surface area contributed by atoms with Gasteiger partial charge >= 0.3 is 0 Å². The Labute approximate surface area is 43.3 Å². The van der Waals surface area contributed by atoms with Crippen LogP contribution in [0.1, 0.15) is 13.3 Å². The standard InChI is InChI=1S/C4H10BP/c1-2-4(6)3-5/h4H,2-3,6H2,1H3. The molecule has 6 heavy (non-hydrogen) atoms. The molecular formula is C4H10BP. The normalized spacial score (nSPS) is 14.3. The molecule has 0 spiro atoms. The average molecular weight is 99.9 g/mol. The van der Waals surface area contributed by atoms with Crippen molar-refractivity contribution < 1.29 is 0 Å². The SMILES string of the molecule is [B]CC(P)CC. The van der Waals surface area contributed by atoms with Crippen molar-refractivity contribution in [3.8, 4) is 0 Å². The second kappa shape index (κ2) is 3.68. The second-order valence-electron chi connectivity index (χ2n) is 1.40. The summed E-state index contributed by atoms with van der Waals surface area (Å²) in [6, 6.07) is 0. The van der Waals surface area contributed by atoms with Gasteiger partial charge in [-0.25, -0.2) is 0 Å². The molecule has 34 valence electrons. The minimum Gasteiger partial charge on any atom is -0.135 e. The zero-order valence-corrected chi connectivity index (χ0v) is 5.30. The van der Waals surface area contributed by atoms with E-state index in [2.05, 4.69) is 16.2 Å². The van der Waals surface area contributed by atoms with Crippen LogP contribution in [0, 0.1) is 0 Å². The Kier molecular flexibility index (Phi) is 3.98. The van der Waals surface area contributed by atoms with Crippen molar-refractivity contribution in [2.75, 3.05) is 0 Å². The van der Waals surface area contributed by atoms with Crippen molar-refractivity contribution in [1.29, 1.82) is 0 Å². The molecule has 0 amide bonds. The van der Waals surface area contributed by atoms with Gasteiger partial charge in [-0.2, -0.15) is 0 Å². The van der Waals surface area contributed by atoms with Crippen LogP contribution in [0.2, 0.25) is 6.32 Å². The molecule has 2 radical (unpaired) electrons. The second-order valence-corrected chi connectivity index (χ2v) is 2.35. The van der Waals surface area contributed by atoms with Gasteiger partial charge in [0.15, 0.2) is 0 Å². The third-order valence-electron chi connectivity index (χ3n) is 0.827. The zero-order valence-electron chi connectivity index (χ0n) is 4.15. The summed E-state index contributed by atoms with van der Waals surface area (Å²) in [5.41, 5.74) is 0.630. The highest BCUT2D eigenvalue weighted by Crippen LogP contribution is 2.06. The Morgan fingerprint density at radius 1 is 1.83 bits per heavy atom. The topological polar surface area (TPSA) is 0 Å². The highest BCUT2D eigenvalue weighted by Gasteiger charge is 1.88. The quantitative estimate of drug-likeness (QED) is 0.361. The Balaban J connectivity index is 2.75. The summed E-state index contributed by atoms with van der Waals surface area (Å²) in [4.78, 5) is 0. The first-order valence-corrected chi connectivity index (χ1v) is 2.93. The van der Waals surface area contributed by atoms with Crippen LogP contribution in [0.25, 0.3) is 0 Å². The van der Waals surface area contributed by atoms with Crippen LogP contribution >= 0.6 is 9.24 Å². The highest BCUT2D eigenvalue weighted by atomic mass is 31.0. The van der Waals surface area contributed by atoms with Crippen molar-refractivity contribution in [3.05, 3.63) is 0 Å². The van der Waals surface area contributed by atoms with Gasteiger partial charge in [0.05, 0.1) is 7.85 Å². The minimum absolute atomic E-state index is 0.630. The van der Waals surface area contributed by atoms with Crippen LogP contribution in [-0.4, -0.2) is 13.5 Å². The van der Waals surface area contributed by atoms with E-state index in [0.717, 1.165) is 6.32 Å². The third-order valence-corrected chi connectivity index (χ3v) is 1.57. The first-order valence-electron chi connectivity index (χ1n) is 2.27. The Hall–Kier alpha value is 0.495. The van der Waals surface area contributed by atoms with Crippen LogP contribution in [0.5, 0.6) is 0 Å². The Morgan fingerprint density at radius 2 is 2.33 bits per heavy atom. The molecule has 0 aromatic rings. The maximum Gasteiger partial charge on any atom is 0.0661 e. The predicted octanol–water partition coefficient (Wildman–Crippen LogP) is 1.23. The van der Waals surface area contributed by atoms with Crippen LogP contribution in [0.3, 0.4) is 0 Å². The van der Waals surface area contributed by atoms with Crippen molar-refractivity contribution in [2.24, 2.45) is 0 Å². The lowest BCUT2D eigenvalue weighted by Gasteiger charge is -1.99. The summed E-state index contributed by atoms with van der Waals surface area (Å²) in [6.07, 6.45) is 1.96. The van der Waals surface area contributed by atoms with Gasteiger partial charge in [0, 0.05) is 0 Å². The van der Waals surface area contributed by atoms with Gasteiger partial charge in [-0.15, -0.1) is 9.24 Å². The molecule has 0 aromatic carbocycles. The largest absolute Gasteiger partial charge is 0.135 e. The molecule has 2 unspecified atom stereocenters. The van der Waals surface area contributed by atoms with Crippen molar-refractivity contribution in [3.63, 3.8) is 0 Å². The molecule has 0 heterocycles. The van der Waals surface area contributed by atoms with Gasteiger partial charge in [0.1, 0.15) is 0 Å². The molecule has 0 saturated heterocycles. The average Bonchev–Trinajstić information content (AvgIpc) is 1.65. The van der Waals surface area contributed by atoms with Crippen molar-refractivity contribution >= 4 is 17.1 Å². The smallest absolute Gasteiger partial charge is 0.0661 e. The molecule has 0 saturated carbocycles. The molecule has 2 atom stereocenters. The first-order chi connectivity index (χ1) is 2.81. The molecular weight excluding hydrogens is 89.8 g/mol. The van der Waals surface area contributed by atoms with Gasteiger partial charge in [0.25, 0.3) is 0 Å². The van der Waals surface area contributed by atoms with Gasteiger partial charge in [-0.1, -0.05) is 19.7 Å². The fraction of sp³-hybridized carbons (Fsp3) is 1.00. The van der Waals surface area contributed by atoms with E-state index in [1.165, 1.54) is 6.42 Å². The summed E-state index contributed by atoms with van der Waals surface area (Å²) in [7, 11) is 7.95. The predicted molar refractivity (Wildman–Crippen MR) is 34.3 cm³/mol. The van der Waals surface area contributed by atoms with Gasteiger partial charge in [0.2, 0.25) is 0 Å². The Bertz CT molecular complexity index is 26.7. The monoisotopic (exact) mass is 100 g/mol. The first kappa shape index (κ1) is 6.49. The van der Waals surface area contributed by atoms with E-state index in [4.69, 9.17) is 7.85 Å². The summed E-state index contributed by atoms with van der Waals surface area (Å²) in [5, 5.41) is 0. The minimum atomic E-state index is 0.630. The molecule has 0 fully saturated rings. The fourth-order valence-electron chi connectivity index (χ4n) is 0.167. The van der Waals surface area contributed by atoms with Gasteiger partial charge < -0.3 is 0 Å². The Morgan fingerprint density at radius 3 is 2.33 bits per heavy atom. The third kappa shape index (κ3) is 2.72. The summed E-state index contributed by atoms with van der Waals surface area (Å²) in [6.45, 7) is 2.13.